The number of hydrogen-bond donors (Lipinski definition) is 1. The van der Waals surface area contributed by atoms with Crippen LogP contribution >= 0.6 is 15.9 Å². The van der Waals surface area contributed by atoms with Crippen molar-refractivity contribution in [3.05, 3.63) is 40.0 Å². The van der Waals surface area contributed by atoms with E-state index < -0.39 is 0 Å². The lowest BCUT2D eigenvalue weighted by Gasteiger charge is -2.17. The number of nitrogens with one attached hydrogen (secondary N) is 1. The van der Waals surface area contributed by atoms with E-state index in [-0.39, 0.29) is 0 Å². The van der Waals surface area contributed by atoms with Gasteiger partial charge in [0, 0.05) is 25.9 Å². The number of aromatic nitrogens is 2. The number of furan rings is 1. The Morgan fingerprint density at radius 3 is 2.85 bits per heavy atom. The van der Waals surface area contributed by atoms with Crippen LogP contribution in [0.4, 0.5) is 0 Å². The largest absolute Gasteiger partial charge is 0.469 e. The standard InChI is InChI=1S/C15H22BrN3O/c1-4-17-12(7-8-13-6-5-9-20-13)10-14-15(16)11(2)18-19(14)3/h5-6,9,12,17H,4,7-8,10H2,1-3H3. The summed E-state index contributed by atoms with van der Waals surface area (Å²) in [7, 11) is 2.00. The average molecular weight is 340 g/mol. The Hall–Kier alpha value is -1.07. The van der Waals surface area contributed by atoms with E-state index in [1.54, 1.807) is 6.26 Å². The van der Waals surface area contributed by atoms with Crippen molar-refractivity contribution in [1.82, 2.24) is 15.1 Å². The van der Waals surface area contributed by atoms with Crippen LogP contribution in [0.5, 0.6) is 0 Å². The van der Waals surface area contributed by atoms with Gasteiger partial charge in [-0.3, -0.25) is 4.68 Å². The molecule has 0 radical (unpaired) electrons. The molecule has 0 saturated carbocycles. The molecule has 2 heterocycles. The summed E-state index contributed by atoms with van der Waals surface area (Å²) in [5, 5.41) is 8.01. The second kappa shape index (κ2) is 7.09. The Kier molecular flexibility index (Phi) is 5.43. The summed E-state index contributed by atoms with van der Waals surface area (Å²) in [6.45, 7) is 5.14. The first-order valence-electron chi connectivity index (χ1n) is 7.05. The van der Waals surface area contributed by atoms with Crippen LogP contribution in [0.1, 0.15) is 30.5 Å². The Labute approximate surface area is 128 Å². The molecule has 110 valence electrons. The lowest BCUT2D eigenvalue weighted by atomic mass is 10.0. The van der Waals surface area contributed by atoms with Gasteiger partial charge in [0.15, 0.2) is 0 Å². The molecule has 4 nitrogen and oxygen atoms in total. The molecule has 1 unspecified atom stereocenters. The number of likely N-dealkylation sites (N-methyl/N-ethyl adjacent to an activating group) is 1. The van der Waals surface area contributed by atoms with Gasteiger partial charge in [0.1, 0.15) is 5.76 Å². The van der Waals surface area contributed by atoms with Gasteiger partial charge in [-0.1, -0.05) is 6.92 Å². The normalized spacial score (nSPS) is 12.8. The van der Waals surface area contributed by atoms with E-state index in [1.165, 1.54) is 5.69 Å². The third kappa shape index (κ3) is 3.73. The van der Waals surface area contributed by atoms with E-state index in [0.717, 1.165) is 41.7 Å². The van der Waals surface area contributed by atoms with Gasteiger partial charge in [-0.05, 0) is 48.0 Å². The van der Waals surface area contributed by atoms with Gasteiger partial charge >= 0.3 is 0 Å². The summed E-state index contributed by atoms with van der Waals surface area (Å²) in [5.41, 5.74) is 2.29. The Morgan fingerprint density at radius 1 is 1.50 bits per heavy atom. The van der Waals surface area contributed by atoms with Crippen molar-refractivity contribution in [3.63, 3.8) is 0 Å². The zero-order chi connectivity index (χ0) is 14.5. The lowest BCUT2D eigenvalue weighted by molar-refractivity contribution is 0.441. The van der Waals surface area contributed by atoms with Crippen LogP contribution in [0.3, 0.4) is 0 Å². The first-order valence-corrected chi connectivity index (χ1v) is 7.84. The summed E-state index contributed by atoms with van der Waals surface area (Å²) in [4.78, 5) is 0. The minimum atomic E-state index is 0.427. The Bertz CT molecular complexity index is 534. The van der Waals surface area contributed by atoms with Crippen molar-refractivity contribution in [3.8, 4) is 0 Å². The van der Waals surface area contributed by atoms with Gasteiger partial charge in [0.2, 0.25) is 0 Å². The monoisotopic (exact) mass is 339 g/mol. The molecule has 0 spiro atoms. The molecule has 0 aliphatic heterocycles. The van der Waals surface area contributed by atoms with Gasteiger partial charge in [-0.15, -0.1) is 0 Å². The fraction of sp³-hybridized carbons (Fsp3) is 0.533. The second-order valence-electron chi connectivity index (χ2n) is 5.05. The highest BCUT2D eigenvalue weighted by molar-refractivity contribution is 9.10. The van der Waals surface area contributed by atoms with Crippen LogP contribution in [0.15, 0.2) is 27.3 Å². The van der Waals surface area contributed by atoms with Gasteiger partial charge in [-0.25, -0.2) is 0 Å². The molecule has 0 aliphatic rings. The molecule has 2 aromatic rings. The number of nitrogens with zero attached hydrogens (tertiary/aromatic N) is 2. The SMILES string of the molecule is CCNC(CCc1ccco1)Cc1c(Br)c(C)nn1C. The van der Waals surface area contributed by atoms with E-state index >= 15 is 0 Å². The maximum atomic E-state index is 5.41. The second-order valence-corrected chi connectivity index (χ2v) is 5.84. The molecular weight excluding hydrogens is 318 g/mol. The number of halogens is 1. The Balaban J connectivity index is 2.01. The fourth-order valence-corrected chi connectivity index (χ4v) is 2.97. The molecule has 0 saturated heterocycles. The van der Waals surface area contributed by atoms with Crippen LogP contribution < -0.4 is 5.32 Å². The smallest absolute Gasteiger partial charge is 0.103 e. The van der Waals surface area contributed by atoms with Crippen LogP contribution in [-0.4, -0.2) is 22.4 Å². The van der Waals surface area contributed by atoms with E-state index in [1.807, 2.05) is 30.8 Å². The van der Waals surface area contributed by atoms with E-state index in [4.69, 9.17) is 4.42 Å². The van der Waals surface area contributed by atoms with Crippen LogP contribution in [0.25, 0.3) is 0 Å². The zero-order valence-corrected chi connectivity index (χ0v) is 13.9. The minimum absolute atomic E-state index is 0.427. The van der Waals surface area contributed by atoms with Gasteiger partial charge in [0.25, 0.3) is 0 Å². The quantitative estimate of drug-likeness (QED) is 0.841. The molecule has 2 rings (SSSR count). The topological polar surface area (TPSA) is 43.0 Å². The summed E-state index contributed by atoms with van der Waals surface area (Å²) in [6.07, 6.45) is 4.71. The molecule has 20 heavy (non-hydrogen) atoms. The number of aryl methyl sites for hydroxylation is 3. The van der Waals surface area contributed by atoms with E-state index in [2.05, 4.69) is 33.3 Å². The van der Waals surface area contributed by atoms with Crippen molar-refractivity contribution < 1.29 is 4.42 Å². The van der Waals surface area contributed by atoms with Crippen LogP contribution in [0, 0.1) is 6.92 Å². The van der Waals surface area contributed by atoms with Gasteiger partial charge in [0.05, 0.1) is 22.1 Å². The highest BCUT2D eigenvalue weighted by atomic mass is 79.9. The highest BCUT2D eigenvalue weighted by Crippen LogP contribution is 2.22. The van der Waals surface area contributed by atoms with Crippen molar-refractivity contribution in [2.24, 2.45) is 7.05 Å². The third-order valence-electron chi connectivity index (χ3n) is 3.51. The maximum absolute atomic E-state index is 5.41. The Morgan fingerprint density at radius 2 is 2.30 bits per heavy atom. The predicted molar refractivity (Wildman–Crippen MR) is 83.8 cm³/mol. The fourth-order valence-electron chi connectivity index (χ4n) is 2.47. The predicted octanol–water partition coefficient (Wildman–Crippen LogP) is 3.24. The highest BCUT2D eigenvalue weighted by Gasteiger charge is 2.16. The van der Waals surface area contributed by atoms with E-state index in [0.29, 0.717) is 6.04 Å². The number of hydrogen-bond acceptors (Lipinski definition) is 3. The van der Waals surface area contributed by atoms with E-state index in [9.17, 15) is 0 Å². The van der Waals surface area contributed by atoms with Crippen molar-refractivity contribution in [2.45, 2.75) is 39.2 Å². The summed E-state index contributed by atoms with van der Waals surface area (Å²) in [5.74, 6) is 1.05. The van der Waals surface area contributed by atoms with Crippen LogP contribution in [0.2, 0.25) is 0 Å². The molecule has 1 atom stereocenters. The molecule has 0 bridgehead atoms. The first-order chi connectivity index (χ1) is 9.61. The summed E-state index contributed by atoms with van der Waals surface area (Å²) >= 11 is 3.64. The molecule has 0 fully saturated rings. The first kappa shape index (κ1) is 15.3. The van der Waals surface area contributed by atoms with Gasteiger partial charge in [-0.2, -0.15) is 5.10 Å². The van der Waals surface area contributed by atoms with Gasteiger partial charge < -0.3 is 9.73 Å². The molecule has 2 aromatic heterocycles. The third-order valence-corrected chi connectivity index (χ3v) is 4.54. The molecular formula is C15H22BrN3O. The molecule has 0 aliphatic carbocycles. The van der Waals surface area contributed by atoms with Crippen molar-refractivity contribution in [1.29, 1.82) is 0 Å². The van der Waals surface area contributed by atoms with Crippen molar-refractivity contribution in [2.75, 3.05) is 6.54 Å². The maximum Gasteiger partial charge on any atom is 0.103 e. The minimum Gasteiger partial charge on any atom is -0.469 e. The molecule has 0 amide bonds. The zero-order valence-electron chi connectivity index (χ0n) is 12.3. The number of rotatable bonds is 7. The van der Waals surface area contributed by atoms with Crippen LogP contribution in [-0.2, 0) is 19.9 Å². The lowest BCUT2D eigenvalue weighted by Crippen LogP contribution is -2.32. The molecule has 0 aromatic carbocycles. The van der Waals surface area contributed by atoms with Crippen molar-refractivity contribution >= 4 is 15.9 Å². The molecule has 1 N–H and O–H groups in total. The molecule has 5 heteroatoms. The average Bonchev–Trinajstić information content (AvgIpc) is 3.00. The summed E-state index contributed by atoms with van der Waals surface area (Å²) in [6, 6.07) is 4.41. The summed E-state index contributed by atoms with van der Waals surface area (Å²) < 4.78 is 8.50.